The third-order valence-electron chi connectivity index (χ3n) is 1.06. The van der Waals surface area contributed by atoms with E-state index in [4.69, 9.17) is 9.84 Å². The topological polar surface area (TPSA) is 41.5 Å². The van der Waals surface area contributed by atoms with Gasteiger partial charge < -0.3 is 15.2 Å². The number of likely N-dealkylation sites (N-methyl/N-ethyl adjacent to an activating group) is 1. The molecule has 0 radical (unpaired) electrons. The number of rotatable bonds is 5. The summed E-state index contributed by atoms with van der Waals surface area (Å²) >= 11 is 0. The molecular formula is C8H21NO2. The van der Waals surface area contributed by atoms with Gasteiger partial charge >= 0.3 is 0 Å². The van der Waals surface area contributed by atoms with Gasteiger partial charge in [-0.25, -0.2) is 0 Å². The molecule has 0 spiro atoms. The van der Waals surface area contributed by atoms with E-state index in [-0.39, 0.29) is 6.61 Å². The number of aliphatic hydroxyl groups excluding tert-OH is 1. The van der Waals surface area contributed by atoms with Crippen molar-refractivity contribution in [3.63, 3.8) is 0 Å². The minimum atomic E-state index is 0.233. The van der Waals surface area contributed by atoms with Crippen LogP contribution in [0.2, 0.25) is 0 Å². The molecule has 3 nitrogen and oxygen atoms in total. The zero-order chi connectivity index (χ0) is 8.95. The van der Waals surface area contributed by atoms with Crippen LogP contribution in [-0.4, -0.2) is 39.0 Å². The molecule has 0 aliphatic heterocycles. The summed E-state index contributed by atoms with van der Waals surface area (Å²) in [6.45, 7) is 3.99. The number of hydrogen-bond donors (Lipinski definition) is 2. The lowest BCUT2D eigenvalue weighted by atomic mass is 10.4. The first-order valence-corrected chi connectivity index (χ1v) is 4.07. The molecule has 0 aromatic rings. The van der Waals surface area contributed by atoms with Gasteiger partial charge in [-0.05, 0) is 13.5 Å². The minimum Gasteiger partial charge on any atom is -0.395 e. The van der Waals surface area contributed by atoms with Gasteiger partial charge in [0, 0.05) is 20.3 Å². The largest absolute Gasteiger partial charge is 0.395 e. The quantitative estimate of drug-likeness (QED) is 0.584. The summed E-state index contributed by atoms with van der Waals surface area (Å²) in [4.78, 5) is 0. The zero-order valence-electron chi connectivity index (χ0n) is 7.89. The second kappa shape index (κ2) is 16.5. The fourth-order valence-electron chi connectivity index (χ4n) is 0.400. The van der Waals surface area contributed by atoms with Crippen LogP contribution in [0.15, 0.2) is 0 Å². The van der Waals surface area contributed by atoms with E-state index in [0.717, 1.165) is 6.61 Å². The predicted molar refractivity (Wildman–Crippen MR) is 47.8 cm³/mol. The Balaban J connectivity index is 0. The predicted octanol–water partition coefficient (Wildman–Crippen LogP) is 0.631. The van der Waals surface area contributed by atoms with Gasteiger partial charge in [-0.1, -0.05) is 13.3 Å². The molecule has 0 aromatic heterocycles. The van der Waals surface area contributed by atoms with Gasteiger partial charge in [0.15, 0.2) is 0 Å². The van der Waals surface area contributed by atoms with Gasteiger partial charge in [-0.3, -0.25) is 0 Å². The zero-order valence-corrected chi connectivity index (χ0v) is 7.89. The normalized spacial score (nSPS) is 8.73. The van der Waals surface area contributed by atoms with Crippen molar-refractivity contribution in [1.82, 2.24) is 5.32 Å². The van der Waals surface area contributed by atoms with E-state index in [1.54, 1.807) is 14.2 Å². The molecule has 2 N–H and O–H groups in total. The molecule has 0 amide bonds. The van der Waals surface area contributed by atoms with Crippen LogP contribution in [-0.2, 0) is 4.74 Å². The van der Waals surface area contributed by atoms with E-state index in [1.165, 1.54) is 12.8 Å². The molecule has 0 unspecified atom stereocenters. The number of hydrogen-bond acceptors (Lipinski definition) is 3. The maximum absolute atomic E-state index is 8.00. The molecule has 11 heavy (non-hydrogen) atoms. The smallest absolute Gasteiger partial charge is 0.0555 e. The first-order valence-electron chi connectivity index (χ1n) is 4.07. The van der Waals surface area contributed by atoms with Crippen molar-refractivity contribution < 1.29 is 9.84 Å². The highest BCUT2D eigenvalue weighted by molar-refractivity contribution is 4.27. The summed E-state index contributed by atoms with van der Waals surface area (Å²) < 4.78 is 4.78. The van der Waals surface area contributed by atoms with E-state index >= 15 is 0 Å². The summed E-state index contributed by atoms with van der Waals surface area (Å²) in [5, 5.41) is 10.8. The summed E-state index contributed by atoms with van der Waals surface area (Å²) in [5.74, 6) is 0. The van der Waals surface area contributed by atoms with Crippen molar-refractivity contribution in [2.75, 3.05) is 33.9 Å². The Kier molecular flexibility index (Phi) is 20.2. The van der Waals surface area contributed by atoms with Crippen LogP contribution in [0, 0.1) is 0 Å². The van der Waals surface area contributed by atoms with E-state index in [2.05, 4.69) is 12.2 Å². The minimum absolute atomic E-state index is 0.233. The second-order valence-electron chi connectivity index (χ2n) is 2.17. The van der Waals surface area contributed by atoms with Crippen molar-refractivity contribution in [3.8, 4) is 0 Å². The van der Waals surface area contributed by atoms with Crippen molar-refractivity contribution >= 4 is 0 Å². The first-order chi connectivity index (χ1) is 5.33. The third-order valence-corrected chi connectivity index (χ3v) is 1.06. The molecule has 0 aromatic carbocycles. The Morgan fingerprint density at radius 2 is 2.09 bits per heavy atom. The van der Waals surface area contributed by atoms with Gasteiger partial charge in [0.2, 0.25) is 0 Å². The SMILES string of the molecule is CCCCOC.CNCCO. The van der Waals surface area contributed by atoms with Gasteiger partial charge in [0.05, 0.1) is 6.61 Å². The van der Waals surface area contributed by atoms with E-state index in [9.17, 15) is 0 Å². The van der Waals surface area contributed by atoms with E-state index < -0.39 is 0 Å². The Hall–Kier alpha value is -0.120. The number of unbranched alkanes of at least 4 members (excludes halogenated alkanes) is 1. The molecule has 0 fully saturated rings. The van der Waals surface area contributed by atoms with Crippen molar-refractivity contribution in [2.24, 2.45) is 0 Å². The second-order valence-corrected chi connectivity index (χ2v) is 2.17. The summed E-state index contributed by atoms with van der Waals surface area (Å²) in [6.07, 6.45) is 2.42. The summed E-state index contributed by atoms with van der Waals surface area (Å²) in [7, 11) is 3.53. The summed E-state index contributed by atoms with van der Waals surface area (Å²) in [6, 6.07) is 0. The van der Waals surface area contributed by atoms with Crippen LogP contribution in [0.5, 0.6) is 0 Å². The standard InChI is InChI=1S/C5H12O.C3H9NO/c1-3-4-5-6-2;1-4-2-3-5/h3-5H2,1-2H3;4-5H,2-3H2,1H3. The number of methoxy groups -OCH3 is 1. The van der Waals surface area contributed by atoms with Gasteiger partial charge in [-0.15, -0.1) is 0 Å². The van der Waals surface area contributed by atoms with Crippen LogP contribution in [0.25, 0.3) is 0 Å². The van der Waals surface area contributed by atoms with Crippen LogP contribution in [0.3, 0.4) is 0 Å². The number of nitrogens with one attached hydrogen (secondary N) is 1. The van der Waals surface area contributed by atoms with Crippen LogP contribution < -0.4 is 5.32 Å². The fraction of sp³-hybridized carbons (Fsp3) is 1.00. The van der Waals surface area contributed by atoms with Gasteiger partial charge in [0.25, 0.3) is 0 Å². The molecule has 0 atom stereocenters. The Morgan fingerprint density at radius 1 is 1.45 bits per heavy atom. The molecule has 0 saturated heterocycles. The van der Waals surface area contributed by atoms with Crippen LogP contribution >= 0.6 is 0 Å². The maximum atomic E-state index is 8.00. The number of aliphatic hydroxyl groups is 1. The molecule has 0 saturated carbocycles. The molecule has 0 aliphatic carbocycles. The molecule has 0 rings (SSSR count). The first kappa shape index (κ1) is 13.5. The summed E-state index contributed by atoms with van der Waals surface area (Å²) in [5.41, 5.74) is 0. The third kappa shape index (κ3) is 25.8. The van der Waals surface area contributed by atoms with Crippen molar-refractivity contribution in [2.45, 2.75) is 19.8 Å². The average Bonchev–Trinajstić information content (AvgIpc) is 2.04. The molecular weight excluding hydrogens is 142 g/mol. The Bertz CT molecular complexity index is 45.4. The Labute approximate surface area is 69.8 Å². The van der Waals surface area contributed by atoms with Crippen LogP contribution in [0.4, 0.5) is 0 Å². The van der Waals surface area contributed by atoms with Gasteiger partial charge in [0.1, 0.15) is 0 Å². The lowest BCUT2D eigenvalue weighted by molar-refractivity contribution is 0.194. The molecule has 0 bridgehead atoms. The van der Waals surface area contributed by atoms with Gasteiger partial charge in [-0.2, -0.15) is 0 Å². The molecule has 70 valence electrons. The lowest BCUT2D eigenvalue weighted by Crippen LogP contribution is -2.10. The molecule has 3 heteroatoms. The highest BCUT2D eigenvalue weighted by atomic mass is 16.5. The highest BCUT2D eigenvalue weighted by Gasteiger charge is 1.74. The maximum Gasteiger partial charge on any atom is 0.0555 e. The van der Waals surface area contributed by atoms with E-state index in [0.29, 0.717) is 6.54 Å². The highest BCUT2D eigenvalue weighted by Crippen LogP contribution is 1.83. The van der Waals surface area contributed by atoms with Crippen LogP contribution in [0.1, 0.15) is 19.8 Å². The fourth-order valence-corrected chi connectivity index (χ4v) is 0.400. The molecule has 0 heterocycles. The molecule has 0 aliphatic rings. The number of ether oxygens (including phenoxy) is 1. The van der Waals surface area contributed by atoms with Crippen molar-refractivity contribution in [1.29, 1.82) is 0 Å². The monoisotopic (exact) mass is 163 g/mol. The van der Waals surface area contributed by atoms with Crippen molar-refractivity contribution in [3.05, 3.63) is 0 Å². The Morgan fingerprint density at radius 3 is 2.18 bits per heavy atom. The van der Waals surface area contributed by atoms with E-state index in [1.807, 2.05) is 0 Å². The lowest BCUT2D eigenvalue weighted by Gasteiger charge is -1.89. The average molecular weight is 163 g/mol.